The van der Waals surface area contributed by atoms with Crippen molar-refractivity contribution >= 4 is 11.8 Å². The van der Waals surface area contributed by atoms with Crippen LogP contribution in [0.5, 0.6) is 0 Å². The first-order chi connectivity index (χ1) is 4.47. The molecule has 0 spiro atoms. The van der Waals surface area contributed by atoms with Crippen LogP contribution in [0, 0.1) is 12.0 Å². The number of allylic oxidation sites excluding steroid dienone is 3. The molecule has 1 radical (unpaired) electrons. The Morgan fingerprint density at radius 3 is 3.44 bits per heavy atom. The highest BCUT2D eigenvalue weighted by Crippen LogP contribution is 2.35. The van der Waals surface area contributed by atoms with Crippen LogP contribution in [-0.2, 0) is 0 Å². The van der Waals surface area contributed by atoms with Crippen LogP contribution >= 0.6 is 11.8 Å². The highest BCUT2D eigenvalue weighted by Gasteiger charge is 2.24. The Morgan fingerprint density at radius 1 is 1.56 bits per heavy atom. The largest absolute Gasteiger partial charge is 0.154 e. The van der Waals surface area contributed by atoms with Crippen LogP contribution in [0.15, 0.2) is 18.2 Å². The molecule has 0 aromatic carbocycles. The van der Waals surface area contributed by atoms with Crippen molar-refractivity contribution < 1.29 is 0 Å². The van der Waals surface area contributed by atoms with Crippen LogP contribution in [0.1, 0.15) is 6.42 Å². The molecule has 0 bridgehead atoms. The van der Waals surface area contributed by atoms with Gasteiger partial charge in [0, 0.05) is 11.2 Å². The Labute approximate surface area is 60.0 Å². The molecule has 1 fully saturated rings. The first-order valence-electron chi connectivity index (χ1n) is 3.34. The van der Waals surface area contributed by atoms with E-state index in [0.29, 0.717) is 0 Å². The van der Waals surface area contributed by atoms with Gasteiger partial charge < -0.3 is 0 Å². The van der Waals surface area contributed by atoms with Crippen molar-refractivity contribution in [3.8, 4) is 0 Å². The minimum Gasteiger partial charge on any atom is -0.154 e. The van der Waals surface area contributed by atoms with E-state index in [-0.39, 0.29) is 0 Å². The maximum absolute atomic E-state index is 3.35. The third-order valence-corrected chi connectivity index (χ3v) is 3.19. The van der Waals surface area contributed by atoms with Crippen molar-refractivity contribution in [2.24, 2.45) is 5.92 Å². The molecule has 1 aliphatic heterocycles. The van der Waals surface area contributed by atoms with Crippen LogP contribution < -0.4 is 0 Å². The van der Waals surface area contributed by atoms with Gasteiger partial charge in [-0.1, -0.05) is 18.2 Å². The van der Waals surface area contributed by atoms with E-state index >= 15 is 0 Å². The summed E-state index contributed by atoms with van der Waals surface area (Å²) in [7, 11) is 0. The van der Waals surface area contributed by atoms with Gasteiger partial charge in [0.1, 0.15) is 0 Å². The van der Waals surface area contributed by atoms with Crippen LogP contribution in [0.3, 0.4) is 0 Å². The monoisotopic (exact) mass is 137 g/mol. The van der Waals surface area contributed by atoms with Crippen LogP contribution in [0.25, 0.3) is 0 Å². The van der Waals surface area contributed by atoms with Gasteiger partial charge in [0.15, 0.2) is 0 Å². The molecule has 0 nitrogen and oxygen atoms in total. The molecular weight excluding hydrogens is 128 g/mol. The zero-order valence-electron chi connectivity index (χ0n) is 5.21. The fourth-order valence-corrected chi connectivity index (χ4v) is 2.63. The zero-order valence-corrected chi connectivity index (χ0v) is 6.03. The van der Waals surface area contributed by atoms with Crippen LogP contribution in [0.4, 0.5) is 0 Å². The number of rotatable bonds is 0. The van der Waals surface area contributed by atoms with Crippen molar-refractivity contribution in [1.29, 1.82) is 0 Å². The fraction of sp³-hybridized carbons (Fsp3) is 0.500. The predicted molar refractivity (Wildman–Crippen MR) is 41.3 cm³/mol. The molecule has 2 rings (SSSR count). The summed E-state index contributed by atoms with van der Waals surface area (Å²) >= 11 is 2.06. The first-order valence-corrected chi connectivity index (χ1v) is 4.39. The number of thioether (sulfide) groups is 1. The number of hydrogen-bond donors (Lipinski definition) is 0. The number of hydrogen-bond acceptors (Lipinski definition) is 1. The highest BCUT2D eigenvalue weighted by atomic mass is 32.2. The molecule has 0 N–H and O–H groups in total. The molecule has 2 atom stereocenters. The summed E-state index contributed by atoms with van der Waals surface area (Å²) in [4.78, 5) is 0. The molecule has 1 saturated heterocycles. The summed E-state index contributed by atoms with van der Waals surface area (Å²) in [6.45, 7) is 0. The standard InChI is InChI=1S/C8H9S/c1-2-4-8-7(3-1)5-6-9-8/h1-2,4,7-8H,5-6H2. The van der Waals surface area contributed by atoms with E-state index in [1.807, 2.05) is 6.08 Å². The smallest absolute Gasteiger partial charge is 0.0299 e. The molecule has 1 heterocycles. The summed E-state index contributed by atoms with van der Waals surface area (Å²) < 4.78 is 0. The molecular formula is C8H9S. The maximum Gasteiger partial charge on any atom is 0.0299 e. The SMILES string of the molecule is [C]1=CC=CC2SCCC12. The molecule has 9 heavy (non-hydrogen) atoms. The Bertz CT molecular complexity index is 140. The molecule has 2 aliphatic rings. The van der Waals surface area contributed by atoms with Crippen LogP contribution in [0.2, 0.25) is 0 Å². The lowest BCUT2D eigenvalue weighted by atomic mass is 9.98. The van der Waals surface area contributed by atoms with E-state index in [1.165, 1.54) is 12.2 Å². The number of fused-ring (bicyclic) bond motifs is 1. The summed E-state index contributed by atoms with van der Waals surface area (Å²) in [6.07, 6.45) is 11.1. The topological polar surface area (TPSA) is 0 Å². The van der Waals surface area contributed by atoms with Gasteiger partial charge in [0.2, 0.25) is 0 Å². The first kappa shape index (κ1) is 5.60. The van der Waals surface area contributed by atoms with Gasteiger partial charge in [0.05, 0.1) is 0 Å². The maximum atomic E-state index is 3.35. The van der Waals surface area contributed by atoms with Gasteiger partial charge in [-0.05, 0) is 18.2 Å². The van der Waals surface area contributed by atoms with Crippen molar-refractivity contribution in [3.63, 3.8) is 0 Å². The molecule has 1 aliphatic carbocycles. The third kappa shape index (κ3) is 0.940. The minimum atomic E-state index is 0.736. The highest BCUT2D eigenvalue weighted by molar-refractivity contribution is 8.00. The average Bonchev–Trinajstić information content (AvgIpc) is 2.33. The van der Waals surface area contributed by atoms with Crippen molar-refractivity contribution in [2.75, 3.05) is 5.75 Å². The van der Waals surface area contributed by atoms with Gasteiger partial charge in [-0.15, -0.1) is 0 Å². The summed E-state index contributed by atoms with van der Waals surface area (Å²) in [5.41, 5.74) is 0. The second-order valence-corrected chi connectivity index (χ2v) is 3.73. The van der Waals surface area contributed by atoms with Gasteiger partial charge >= 0.3 is 0 Å². The quantitative estimate of drug-likeness (QED) is 0.492. The molecule has 2 unspecified atom stereocenters. The molecule has 0 aromatic heterocycles. The summed E-state index contributed by atoms with van der Waals surface area (Å²) in [5, 5.41) is 0.759. The Morgan fingerprint density at radius 2 is 2.56 bits per heavy atom. The lowest BCUT2D eigenvalue weighted by molar-refractivity contribution is 0.664. The fourth-order valence-electron chi connectivity index (χ4n) is 1.32. The summed E-state index contributed by atoms with van der Waals surface area (Å²) in [5.74, 6) is 2.06. The van der Waals surface area contributed by atoms with E-state index < -0.39 is 0 Å². The van der Waals surface area contributed by atoms with E-state index in [4.69, 9.17) is 0 Å². The van der Waals surface area contributed by atoms with Gasteiger partial charge in [-0.2, -0.15) is 11.8 Å². The Balaban J connectivity index is 2.18. The normalized spacial score (nSPS) is 39.1. The van der Waals surface area contributed by atoms with Gasteiger partial charge in [-0.3, -0.25) is 0 Å². The molecule has 1 heteroatoms. The molecule has 0 saturated carbocycles. The summed E-state index contributed by atoms with van der Waals surface area (Å²) in [6, 6.07) is 0. The van der Waals surface area contributed by atoms with E-state index in [1.54, 1.807) is 0 Å². The Kier molecular flexibility index (Phi) is 1.38. The molecule has 47 valence electrons. The molecule has 0 aromatic rings. The van der Waals surface area contributed by atoms with E-state index in [9.17, 15) is 0 Å². The second kappa shape index (κ2) is 2.22. The van der Waals surface area contributed by atoms with Gasteiger partial charge in [-0.25, -0.2) is 0 Å². The second-order valence-electron chi connectivity index (χ2n) is 2.45. The lowest BCUT2D eigenvalue weighted by Crippen LogP contribution is -2.07. The van der Waals surface area contributed by atoms with Gasteiger partial charge in [0.25, 0.3) is 0 Å². The third-order valence-electron chi connectivity index (χ3n) is 1.84. The predicted octanol–water partition coefficient (Wildman–Crippen LogP) is 2.04. The van der Waals surface area contributed by atoms with E-state index in [0.717, 1.165) is 11.2 Å². The van der Waals surface area contributed by atoms with Crippen molar-refractivity contribution in [1.82, 2.24) is 0 Å². The Hall–Kier alpha value is -0.170. The van der Waals surface area contributed by atoms with E-state index in [2.05, 4.69) is 30.0 Å². The zero-order chi connectivity index (χ0) is 6.10. The van der Waals surface area contributed by atoms with Crippen molar-refractivity contribution in [2.45, 2.75) is 11.7 Å². The van der Waals surface area contributed by atoms with Crippen molar-refractivity contribution in [3.05, 3.63) is 24.3 Å². The lowest BCUT2D eigenvalue weighted by Gasteiger charge is -2.11. The van der Waals surface area contributed by atoms with Crippen LogP contribution in [-0.4, -0.2) is 11.0 Å². The minimum absolute atomic E-state index is 0.736. The molecule has 0 amide bonds. The average molecular weight is 137 g/mol.